The van der Waals surface area contributed by atoms with E-state index in [1.165, 1.54) is 0 Å². The number of amides is 1. The number of benzene rings is 1. The molecule has 1 aliphatic rings. The Bertz CT molecular complexity index is 795. The summed E-state index contributed by atoms with van der Waals surface area (Å²) < 4.78 is 2.17. The predicted molar refractivity (Wildman–Crippen MR) is 131 cm³/mol. The van der Waals surface area contributed by atoms with Crippen LogP contribution in [0.15, 0.2) is 54.0 Å². The Balaban J connectivity index is 0.00000320. The molecule has 1 fully saturated rings. The number of likely N-dealkylation sites (N-methyl/N-ethyl adjacent to an activating group) is 1. The second kappa shape index (κ2) is 11.9. The highest BCUT2D eigenvalue weighted by molar-refractivity contribution is 14.0. The highest BCUT2D eigenvalue weighted by Gasteiger charge is 2.29. The molecule has 7 nitrogen and oxygen atoms in total. The Hall–Kier alpha value is -2.10. The Morgan fingerprint density at radius 1 is 1.33 bits per heavy atom. The number of carbonyl (C=O) groups is 1. The van der Waals surface area contributed by atoms with Gasteiger partial charge >= 0.3 is 0 Å². The zero-order chi connectivity index (χ0) is 20.6. The normalized spacial score (nSPS) is 19.2. The smallest absolute Gasteiger partial charge is 0.242 e. The number of piperidine rings is 1. The van der Waals surface area contributed by atoms with E-state index in [-0.39, 0.29) is 36.4 Å². The van der Waals surface area contributed by atoms with Gasteiger partial charge in [-0.1, -0.05) is 37.3 Å². The Morgan fingerprint density at radius 2 is 2.10 bits per heavy atom. The van der Waals surface area contributed by atoms with E-state index in [1.54, 1.807) is 7.05 Å². The molecular weight excluding hydrogens is 491 g/mol. The van der Waals surface area contributed by atoms with E-state index < -0.39 is 0 Å². The van der Waals surface area contributed by atoms with Crippen LogP contribution in [0.5, 0.6) is 0 Å². The molecule has 1 aliphatic heterocycles. The SMILES string of the molecule is CCN(Cc1ccccc1)C(=O)CNC(=NC)N1CCC(C)C(n2ccnc2)C1.I. The van der Waals surface area contributed by atoms with Gasteiger partial charge in [-0.2, -0.15) is 0 Å². The average molecular weight is 524 g/mol. The molecule has 0 radical (unpaired) electrons. The summed E-state index contributed by atoms with van der Waals surface area (Å²) in [5.74, 6) is 1.43. The molecule has 8 heteroatoms. The standard InChI is InChI=1S/C22H32N6O.HI/c1-4-26(15-19-8-6-5-7-9-19)21(29)14-25-22(23-3)27-12-10-18(2)20(16-27)28-13-11-24-17-28;/h5-9,11,13,17-18,20H,4,10,12,14-16H2,1-3H3,(H,23,25);1H. The van der Waals surface area contributed by atoms with Crippen LogP contribution < -0.4 is 5.32 Å². The minimum atomic E-state index is 0. The van der Waals surface area contributed by atoms with Crippen molar-refractivity contribution >= 4 is 35.8 Å². The van der Waals surface area contributed by atoms with Gasteiger partial charge in [-0.15, -0.1) is 24.0 Å². The first-order valence-electron chi connectivity index (χ1n) is 10.4. The lowest BCUT2D eigenvalue weighted by atomic mass is 9.93. The number of aromatic nitrogens is 2. The van der Waals surface area contributed by atoms with Crippen molar-refractivity contribution in [3.63, 3.8) is 0 Å². The molecule has 0 bridgehead atoms. The molecule has 1 amide bonds. The molecule has 2 aromatic rings. The molecule has 1 aromatic carbocycles. The molecule has 30 heavy (non-hydrogen) atoms. The van der Waals surface area contributed by atoms with Crippen LogP contribution in [-0.2, 0) is 11.3 Å². The maximum atomic E-state index is 12.8. The highest BCUT2D eigenvalue weighted by atomic mass is 127. The number of hydrogen-bond donors (Lipinski definition) is 1. The summed E-state index contributed by atoms with van der Waals surface area (Å²) in [6.45, 7) is 7.63. The number of hydrogen-bond acceptors (Lipinski definition) is 3. The number of carbonyl (C=O) groups excluding carboxylic acids is 1. The van der Waals surface area contributed by atoms with Gasteiger partial charge in [-0.05, 0) is 24.8 Å². The number of rotatable bonds is 6. The van der Waals surface area contributed by atoms with Crippen LogP contribution in [0.25, 0.3) is 0 Å². The van der Waals surface area contributed by atoms with Crippen LogP contribution in [0, 0.1) is 5.92 Å². The van der Waals surface area contributed by atoms with Crippen LogP contribution in [0.3, 0.4) is 0 Å². The summed E-state index contributed by atoms with van der Waals surface area (Å²) >= 11 is 0. The lowest BCUT2D eigenvalue weighted by Crippen LogP contribution is -2.51. The average Bonchev–Trinajstić information content (AvgIpc) is 3.28. The van der Waals surface area contributed by atoms with Gasteiger partial charge in [-0.25, -0.2) is 4.98 Å². The van der Waals surface area contributed by atoms with Crippen molar-refractivity contribution < 1.29 is 4.79 Å². The summed E-state index contributed by atoms with van der Waals surface area (Å²) in [6, 6.07) is 10.4. The molecule has 0 aliphatic carbocycles. The van der Waals surface area contributed by atoms with E-state index in [0.29, 0.717) is 25.0 Å². The molecule has 2 unspecified atom stereocenters. The fourth-order valence-electron chi connectivity index (χ4n) is 3.87. The van der Waals surface area contributed by atoms with Crippen molar-refractivity contribution in [3.05, 3.63) is 54.6 Å². The molecule has 2 atom stereocenters. The fourth-order valence-corrected chi connectivity index (χ4v) is 3.87. The summed E-state index contributed by atoms with van der Waals surface area (Å²) in [4.78, 5) is 25.5. The van der Waals surface area contributed by atoms with Gasteiger partial charge in [0.2, 0.25) is 5.91 Å². The van der Waals surface area contributed by atoms with Crippen LogP contribution in [0.2, 0.25) is 0 Å². The van der Waals surface area contributed by atoms with Crippen molar-refractivity contribution in [1.29, 1.82) is 0 Å². The maximum Gasteiger partial charge on any atom is 0.242 e. The summed E-state index contributed by atoms with van der Waals surface area (Å²) in [5.41, 5.74) is 1.14. The van der Waals surface area contributed by atoms with Crippen LogP contribution >= 0.6 is 24.0 Å². The largest absolute Gasteiger partial charge is 0.347 e. The topological polar surface area (TPSA) is 65.8 Å². The number of likely N-dealkylation sites (tertiary alicyclic amines) is 1. The first kappa shape index (κ1) is 24.2. The van der Waals surface area contributed by atoms with Gasteiger partial charge < -0.3 is 19.7 Å². The number of nitrogens with one attached hydrogen (secondary N) is 1. The number of aliphatic imine (C=N–C) groups is 1. The van der Waals surface area contributed by atoms with E-state index in [1.807, 2.05) is 60.9 Å². The van der Waals surface area contributed by atoms with Crippen molar-refractivity contribution in [1.82, 2.24) is 24.7 Å². The quantitative estimate of drug-likeness (QED) is 0.359. The Labute approximate surface area is 196 Å². The fraction of sp³-hybridized carbons (Fsp3) is 0.500. The van der Waals surface area contributed by atoms with E-state index in [0.717, 1.165) is 31.0 Å². The number of nitrogens with zero attached hydrogens (tertiary/aromatic N) is 5. The number of halogens is 1. The lowest BCUT2D eigenvalue weighted by molar-refractivity contribution is -0.130. The van der Waals surface area contributed by atoms with Crippen molar-refractivity contribution in [2.24, 2.45) is 10.9 Å². The minimum Gasteiger partial charge on any atom is -0.347 e. The summed E-state index contributed by atoms with van der Waals surface area (Å²) in [7, 11) is 1.78. The first-order chi connectivity index (χ1) is 14.1. The molecule has 1 aromatic heterocycles. The van der Waals surface area contributed by atoms with Crippen molar-refractivity contribution in [3.8, 4) is 0 Å². The van der Waals surface area contributed by atoms with Crippen LogP contribution in [-0.4, -0.2) is 64.4 Å². The third kappa shape index (κ3) is 6.20. The zero-order valence-corrected chi connectivity index (χ0v) is 20.4. The van der Waals surface area contributed by atoms with Gasteiger partial charge in [0, 0.05) is 45.6 Å². The number of imidazole rings is 1. The van der Waals surface area contributed by atoms with Crippen molar-refractivity contribution in [2.45, 2.75) is 32.9 Å². The van der Waals surface area contributed by atoms with E-state index in [2.05, 4.69) is 31.7 Å². The molecular formula is C22H33IN6O. The van der Waals surface area contributed by atoms with Gasteiger partial charge in [0.15, 0.2) is 5.96 Å². The monoisotopic (exact) mass is 524 g/mol. The minimum absolute atomic E-state index is 0. The molecule has 0 spiro atoms. The molecule has 164 valence electrons. The van der Waals surface area contributed by atoms with E-state index >= 15 is 0 Å². The van der Waals surface area contributed by atoms with Crippen LogP contribution in [0.4, 0.5) is 0 Å². The third-order valence-corrected chi connectivity index (χ3v) is 5.69. The third-order valence-electron chi connectivity index (χ3n) is 5.69. The lowest BCUT2D eigenvalue weighted by Gasteiger charge is -2.39. The first-order valence-corrected chi connectivity index (χ1v) is 10.4. The summed E-state index contributed by atoms with van der Waals surface area (Å²) in [6.07, 6.45) is 6.80. The van der Waals surface area contributed by atoms with Crippen molar-refractivity contribution in [2.75, 3.05) is 33.2 Å². The predicted octanol–water partition coefficient (Wildman–Crippen LogP) is 3.01. The maximum absolute atomic E-state index is 12.8. The molecule has 2 heterocycles. The molecule has 1 N–H and O–H groups in total. The Kier molecular flexibility index (Phi) is 9.61. The Morgan fingerprint density at radius 3 is 2.73 bits per heavy atom. The molecule has 0 saturated carbocycles. The second-order valence-corrected chi connectivity index (χ2v) is 7.58. The van der Waals surface area contributed by atoms with E-state index in [4.69, 9.17) is 0 Å². The van der Waals surface area contributed by atoms with E-state index in [9.17, 15) is 4.79 Å². The summed E-state index contributed by atoms with van der Waals surface area (Å²) in [5, 5.41) is 3.28. The molecule has 1 saturated heterocycles. The number of guanidine groups is 1. The van der Waals surface area contributed by atoms with Gasteiger partial charge in [0.25, 0.3) is 0 Å². The van der Waals surface area contributed by atoms with Gasteiger partial charge in [0.05, 0.1) is 18.9 Å². The highest BCUT2D eigenvalue weighted by Crippen LogP contribution is 2.27. The second-order valence-electron chi connectivity index (χ2n) is 7.58. The van der Waals surface area contributed by atoms with Gasteiger partial charge in [0.1, 0.15) is 0 Å². The van der Waals surface area contributed by atoms with Crippen LogP contribution in [0.1, 0.15) is 31.9 Å². The van der Waals surface area contributed by atoms with Gasteiger partial charge in [-0.3, -0.25) is 9.79 Å². The zero-order valence-electron chi connectivity index (χ0n) is 18.1. The molecule has 3 rings (SSSR count).